The van der Waals surface area contributed by atoms with Gasteiger partial charge in [-0.15, -0.1) is 0 Å². The van der Waals surface area contributed by atoms with E-state index in [2.05, 4.69) is 24.3 Å². The van der Waals surface area contributed by atoms with Crippen LogP contribution in [0.25, 0.3) is 11.3 Å². The molecule has 2 aromatic rings. The van der Waals surface area contributed by atoms with Crippen LogP contribution in [-0.2, 0) is 4.74 Å². The lowest BCUT2D eigenvalue weighted by atomic mass is 10.1. The summed E-state index contributed by atoms with van der Waals surface area (Å²) in [7, 11) is 0. The second-order valence-electron chi connectivity index (χ2n) is 6.37. The van der Waals surface area contributed by atoms with Gasteiger partial charge in [0.25, 0.3) is 0 Å². The van der Waals surface area contributed by atoms with E-state index in [1.54, 1.807) is 0 Å². The smallest absolute Gasteiger partial charge is 0.125 e. The van der Waals surface area contributed by atoms with Crippen LogP contribution in [0.1, 0.15) is 37.6 Å². The zero-order chi connectivity index (χ0) is 17.8. The highest BCUT2D eigenvalue weighted by Crippen LogP contribution is 2.27. The number of imidazole rings is 1. The van der Waals surface area contributed by atoms with E-state index in [0.717, 1.165) is 66.0 Å². The first-order chi connectivity index (χ1) is 12.1. The Morgan fingerprint density at radius 2 is 2.12 bits per heavy atom. The Hall–Kier alpha value is -1.85. The predicted octanol–water partition coefficient (Wildman–Crippen LogP) is 4.35. The van der Waals surface area contributed by atoms with Crippen LogP contribution in [0.15, 0.2) is 29.4 Å². The fourth-order valence-corrected chi connectivity index (χ4v) is 3.18. The van der Waals surface area contributed by atoms with Crippen LogP contribution in [-0.4, -0.2) is 34.8 Å². The molecule has 25 heavy (non-hydrogen) atoms. The van der Waals surface area contributed by atoms with E-state index < -0.39 is 0 Å². The average molecular weight is 361 g/mol. The first-order valence-corrected chi connectivity index (χ1v) is 9.18. The summed E-state index contributed by atoms with van der Waals surface area (Å²) in [6.07, 6.45) is 4.67. The number of amidine groups is 1. The van der Waals surface area contributed by atoms with Gasteiger partial charge in [-0.1, -0.05) is 24.6 Å². The van der Waals surface area contributed by atoms with Crippen molar-refractivity contribution in [2.75, 3.05) is 18.6 Å². The van der Waals surface area contributed by atoms with Crippen LogP contribution < -0.4 is 5.43 Å². The minimum atomic E-state index is 0.330. The predicted molar refractivity (Wildman–Crippen MR) is 103 cm³/mol. The molecular formula is C19H25ClN4O. The van der Waals surface area contributed by atoms with Crippen LogP contribution in [0.3, 0.4) is 0 Å². The Morgan fingerprint density at radius 3 is 2.84 bits per heavy atom. The fourth-order valence-electron chi connectivity index (χ4n) is 3.01. The molecule has 1 aliphatic heterocycles. The number of halogens is 1. The van der Waals surface area contributed by atoms with Crippen LogP contribution in [0.5, 0.6) is 0 Å². The third kappa shape index (κ3) is 4.22. The maximum atomic E-state index is 6.20. The summed E-state index contributed by atoms with van der Waals surface area (Å²) in [5.41, 5.74) is 6.68. The molecule has 1 saturated heterocycles. The highest BCUT2D eigenvalue weighted by atomic mass is 35.5. The Bertz CT molecular complexity index is 763. The average Bonchev–Trinajstić information content (AvgIpc) is 2.98. The standard InChI is InChI=1S/C19H25ClN4O/c1-4-19(22-16-7-9-25-10-8-16)23-24-14(3)21-12-18(24)17-11-15(20)6-5-13(17)2/h5-6,11-12,16H,4,7-10H2,1-3H3,(H,22,23). The highest BCUT2D eigenvalue weighted by Gasteiger charge is 2.16. The van der Waals surface area contributed by atoms with Crippen LogP contribution in [0.2, 0.25) is 5.02 Å². The van der Waals surface area contributed by atoms with Gasteiger partial charge in [-0.25, -0.2) is 9.66 Å². The van der Waals surface area contributed by atoms with E-state index in [9.17, 15) is 0 Å². The van der Waals surface area contributed by atoms with Gasteiger partial charge in [0.05, 0.1) is 17.9 Å². The Labute approximate surface area is 154 Å². The van der Waals surface area contributed by atoms with Crippen molar-refractivity contribution in [1.82, 2.24) is 9.66 Å². The van der Waals surface area contributed by atoms with Gasteiger partial charge in [0, 0.05) is 30.2 Å². The number of aryl methyl sites for hydroxylation is 2. The molecule has 1 aromatic carbocycles. The number of nitrogens with zero attached hydrogens (tertiary/aromatic N) is 3. The molecule has 0 saturated carbocycles. The first-order valence-electron chi connectivity index (χ1n) is 8.80. The van der Waals surface area contributed by atoms with Crippen LogP contribution in [0.4, 0.5) is 0 Å². The molecule has 0 amide bonds. The molecule has 1 aromatic heterocycles. The quantitative estimate of drug-likeness (QED) is 0.651. The molecule has 0 bridgehead atoms. The Kier molecular flexibility index (Phi) is 5.76. The van der Waals surface area contributed by atoms with Crippen molar-refractivity contribution < 1.29 is 4.74 Å². The Balaban J connectivity index is 1.90. The fraction of sp³-hybridized carbons (Fsp3) is 0.474. The zero-order valence-electron chi connectivity index (χ0n) is 15.1. The summed E-state index contributed by atoms with van der Waals surface area (Å²) in [6, 6.07) is 6.25. The van der Waals surface area contributed by atoms with Gasteiger partial charge in [0.1, 0.15) is 11.7 Å². The zero-order valence-corrected chi connectivity index (χ0v) is 15.8. The molecule has 134 valence electrons. The van der Waals surface area contributed by atoms with E-state index in [1.807, 2.05) is 36.0 Å². The lowest BCUT2D eigenvalue weighted by molar-refractivity contribution is 0.0870. The maximum Gasteiger partial charge on any atom is 0.125 e. The summed E-state index contributed by atoms with van der Waals surface area (Å²) in [6.45, 7) is 7.76. The van der Waals surface area contributed by atoms with Gasteiger partial charge in [-0.2, -0.15) is 0 Å². The molecule has 1 aliphatic rings. The first kappa shape index (κ1) is 18.0. The van der Waals surface area contributed by atoms with E-state index >= 15 is 0 Å². The van der Waals surface area contributed by atoms with Gasteiger partial charge in [-0.3, -0.25) is 10.4 Å². The topological polar surface area (TPSA) is 51.4 Å². The van der Waals surface area contributed by atoms with Crippen molar-refractivity contribution in [1.29, 1.82) is 0 Å². The monoisotopic (exact) mass is 360 g/mol. The third-order valence-corrected chi connectivity index (χ3v) is 4.75. The van der Waals surface area contributed by atoms with E-state index in [4.69, 9.17) is 21.3 Å². The maximum absolute atomic E-state index is 6.20. The second-order valence-corrected chi connectivity index (χ2v) is 6.81. The van der Waals surface area contributed by atoms with Gasteiger partial charge < -0.3 is 4.74 Å². The molecule has 3 rings (SSSR count). The van der Waals surface area contributed by atoms with Crippen LogP contribution in [0, 0.1) is 13.8 Å². The molecule has 0 aliphatic carbocycles. The number of aliphatic imine (C=N–C) groups is 1. The van der Waals surface area contributed by atoms with Crippen molar-refractivity contribution in [2.24, 2.45) is 4.99 Å². The third-order valence-electron chi connectivity index (χ3n) is 4.52. The number of nitrogens with one attached hydrogen (secondary N) is 1. The van der Waals surface area contributed by atoms with Crippen molar-refractivity contribution in [2.45, 2.75) is 46.1 Å². The number of rotatable bonds is 4. The number of benzene rings is 1. The summed E-state index contributed by atoms with van der Waals surface area (Å²) in [5.74, 6) is 1.86. The van der Waals surface area contributed by atoms with E-state index in [0.29, 0.717) is 6.04 Å². The molecule has 0 atom stereocenters. The normalized spacial score (nSPS) is 16.2. The molecule has 0 spiro atoms. The number of ether oxygens (including phenoxy) is 1. The number of aromatic nitrogens is 2. The molecule has 5 nitrogen and oxygen atoms in total. The minimum Gasteiger partial charge on any atom is -0.381 e. The van der Waals surface area contributed by atoms with E-state index in [-0.39, 0.29) is 0 Å². The van der Waals surface area contributed by atoms with Crippen molar-refractivity contribution in [3.8, 4) is 11.3 Å². The minimum absolute atomic E-state index is 0.330. The van der Waals surface area contributed by atoms with Gasteiger partial charge in [0.2, 0.25) is 0 Å². The molecule has 0 unspecified atom stereocenters. The highest BCUT2D eigenvalue weighted by molar-refractivity contribution is 6.30. The van der Waals surface area contributed by atoms with Gasteiger partial charge in [0.15, 0.2) is 0 Å². The molecule has 1 N–H and O–H groups in total. The summed E-state index contributed by atoms with van der Waals surface area (Å²) >= 11 is 6.20. The van der Waals surface area contributed by atoms with E-state index in [1.165, 1.54) is 0 Å². The molecule has 2 heterocycles. The SMILES string of the molecule is CCC(=NC1CCOCC1)Nn1c(-c2cc(Cl)ccc2C)cnc1C. The van der Waals surface area contributed by atoms with Crippen molar-refractivity contribution in [3.05, 3.63) is 40.8 Å². The lowest BCUT2D eigenvalue weighted by Crippen LogP contribution is -2.28. The molecular weight excluding hydrogens is 336 g/mol. The van der Waals surface area contributed by atoms with Crippen molar-refractivity contribution >= 4 is 17.4 Å². The Morgan fingerprint density at radius 1 is 1.36 bits per heavy atom. The number of hydrogen-bond donors (Lipinski definition) is 1. The summed E-state index contributed by atoms with van der Waals surface area (Å²) < 4.78 is 7.42. The summed E-state index contributed by atoms with van der Waals surface area (Å²) in [5, 5.41) is 0.720. The van der Waals surface area contributed by atoms with Crippen LogP contribution >= 0.6 is 11.6 Å². The van der Waals surface area contributed by atoms with Gasteiger partial charge in [-0.05, 0) is 44.4 Å². The number of hydrogen-bond acceptors (Lipinski definition) is 3. The largest absolute Gasteiger partial charge is 0.381 e. The second kappa shape index (κ2) is 8.02. The summed E-state index contributed by atoms with van der Waals surface area (Å²) in [4.78, 5) is 9.38. The van der Waals surface area contributed by atoms with Gasteiger partial charge >= 0.3 is 0 Å². The van der Waals surface area contributed by atoms with Crippen molar-refractivity contribution in [3.63, 3.8) is 0 Å². The molecule has 6 heteroatoms. The molecule has 0 radical (unpaired) electrons. The lowest BCUT2D eigenvalue weighted by Gasteiger charge is -2.21. The molecule has 1 fully saturated rings.